The highest BCUT2D eigenvalue weighted by molar-refractivity contribution is 5.97. The zero-order chi connectivity index (χ0) is 23.8. The van der Waals surface area contributed by atoms with Gasteiger partial charge in [-0.3, -0.25) is 14.6 Å². The first-order chi connectivity index (χ1) is 16.6. The molecule has 2 aliphatic heterocycles. The average molecular weight is 465 g/mol. The molecule has 0 saturated carbocycles. The topological polar surface area (TPSA) is 90.5 Å². The van der Waals surface area contributed by atoms with Crippen molar-refractivity contribution in [3.05, 3.63) is 42.9 Å². The van der Waals surface area contributed by atoms with Crippen LogP contribution in [0, 0.1) is 5.92 Å². The largest absolute Gasteiger partial charge is 0.371 e. The monoisotopic (exact) mass is 464 g/mol. The zero-order valence-electron chi connectivity index (χ0n) is 20.1. The van der Waals surface area contributed by atoms with E-state index < -0.39 is 6.04 Å². The van der Waals surface area contributed by atoms with Crippen molar-refractivity contribution in [2.24, 2.45) is 5.92 Å². The molecule has 2 aromatic rings. The molecule has 2 fully saturated rings. The highest BCUT2D eigenvalue weighted by atomic mass is 16.2. The molecule has 2 saturated heterocycles. The molecule has 34 heavy (non-hydrogen) atoms. The van der Waals surface area contributed by atoms with Crippen LogP contribution < -0.4 is 20.4 Å². The van der Waals surface area contributed by atoms with E-state index in [0.29, 0.717) is 6.42 Å². The first-order valence-electron chi connectivity index (χ1n) is 12.6. The third-order valence-corrected chi connectivity index (χ3v) is 6.80. The molecule has 8 heteroatoms. The van der Waals surface area contributed by atoms with Crippen LogP contribution >= 0.6 is 0 Å². The lowest BCUT2D eigenvalue weighted by Crippen LogP contribution is -2.48. The van der Waals surface area contributed by atoms with Gasteiger partial charge in [0.1, 0.15) is 11.9 Å². The van der Waals surface area contributed by atoms with Crippen molar-refractivity contribution in [3.63, 3.8) is 0 Å². The first-order valence-corrected chi connectivity index (χ1v) is 12.6. The van der Waals surface area contributed by atoms with Gasteiger partial charge in [-0.05, 0) is 50.3 Å². The third kappa shape index (κ3) is 6.24. The summed E-state index contributed by atoms with van der Waals surface area (Å²) in [5.74, 6) is 0.583. The van der Waals surface area contributed by atoms with Crippen LogP contribution in [-0.4, -0.2) is 54.0 Å². The molecular weight excluding hydrogens is 428 g/mol. The van der Waals surface area contributed by atoms with Gasteiger partial charge in [0.15, 0.2) is 0 Å². The number of aromatic nitrogens is 2. The van der Waals surface area contributed by atoms with Gasteiger partial charge in [0.25, 0.3) is 0 Å². The van der Waals surface area contributed by atoms with Gasteiger partial charge in [0.05, 0.1) is 6.20 Å². The molecule has 4 rings (SSSR count). The molecule has 1 atom stereocenters. The van der Waals surface area contributed by atoms with Crippen LogP contribution in [-0.2, 0) is 9.59 Å². The molecular formula is C26H36N6O2. The Kier molecular flexibility index (Phi) is 8.33. The van der Waals surface area contributed by atoms with Gasteiger partial charge < -0.3 is 20.4 Å². The average Bonchev–Trinajstić information content (AvgIpc) is 3.42. The van der Waals surface area contributed by atoms with Crippen molar-refractivity contribution in [1.29, 1.82) is 0 Å². The normalized spacial score (nSPS) is 17.4. The molecule has 1 aromatic carbocycles. The number of hydrogen-bond acceptors (Lipinski definition) is 6. The fraction of sp³-hybridized carbons (Fsp3) is 0.538. The fourth-order valence-electron chi connectivity index (χ4n) is 4.78. The van der Waals surface area contributed by atoms with Crippen LogP contribution in [0.5, 0.6) is 0 Å². The quantitative estimate of drug-likeness (QED) is 0.589. The van der Waals surface area contributed by atoms with E-state index in [0.717, 1.165) is 69.1 Å². The number of nitrogens with one attached hydrogen (secondary N) is 2. The Bertz CT molecular complexity index is 939. The standard InChI is InChI=1S/C26H36N6O2/c1-2-3-9-23(26(34)29-21-7-6-8-22(18-21)31-14-4-5-15-31)30-25(33)20-10-16-32(17-11-20)24-19-27-12-13-28-24/h6-8,12-13,18-20,23H,2-5,9-11,14-17H2,1H3,(H,29,34)(H,30,33). The Hall–Kier alpha value is -3.16. The minimum Gasteiger partial charge on any atom is -0.371 e. The summed E-state index contributed by atoms with van der Waals surface area (Å²) in [6.07, 6.45) is 11.5. The SMILES string of the molecule is CCCCC(NC(=O)C1CCN(c2cnccn2)CC1)C(=O)Nc1cccc(N2CCCC2)c1. The highest BCUT2D eigenvalue weighted by Crippen LogP contribution is 2.24. The van der Waals surface area contributed by atoms with Crippen LogP contribution in [0.4, 0.5) is 17.2 Å². The highest BCUT2D eigenvalue weighted by Gasteiger charge is 2.29. The van der Waals surface area contributed by atoms with Crippen molar-refractivity contribution in [3.8, 4) is 0 Å². The van der Waals surface area contributed by atoms with Crippen molar-refractivity contribution in [2.45, 2.75) is 57.9 Å². The molecule has 182 valence electrons. The fourth-order valence-corrected chi connectivity index (χ4v) is 4.78. The lowest BCUT2D eigenvalue weighted by Gasteiger charge is -2.32. The van der Waals surface area contributed by atoms with E-state index in [9.17, 15) is 9.59 Å². The van der Waals surface area contributed by atoms with Gasteiger partial charge in [-0.15, -0.1) is 0 Å². The van der Waals surface area contributed by atoms with Gasteiger partial charge in [-0.25, -0.2) is 4.98 Å². The van der Waals surface area contributed by atoms with Gasteiger partial charge in [-0.2, -0.15) is 0 Å². The van der Waals surface area contributed by atoms with E-state index in [1.54, 1.807) is 18.6 Å². The van der Waals surface area contributed by atoms with Crippen molar-refractivity contribution in [2.75, 3.05) is 41.3 Å². The molecule has 1 aromatic heterocycles. The Morgan fingerprint density at radius 1 is 1.09 bits per heavy atom. The summed E-state index contributed by atoms with van der Waals surface area (Å²) >= 11 is 0. The predicted molar refractivity (Wildman–Crippen MR) is 135 cm³/mol. The summed E-state index contributed by atoms with van der Waals surface area (Å²) in [6, 6.07) is 7.49. The molecule has 0 aliphatic carbocycles. The number of unbranched alkanes of at least 4 members (excludes halogenated alkanes) is 1. The minimum absolute atomic E-state index is 0.0270. The molecule has 0 bridgehead atoms. The molecule has 2 amide bonds. The summed E-state index contributed by atoms with van der Waals surface area (Å²) in [5.41, 5.74) is 1.92. The van der Waals surface area contributed by atoms with E-state index >= 15 is 0 Å². The van der Waals surface area contributed by atoms with Crippen LogP contribution in [0.15, 0.2) is 42.9 Å². The van der Waals surface area contributed by atoms with E-state index in [1.165, 1.54) is 12.8 Å². The van der Waals surface area contributed by atoms with Crippen molar-refractivity contribution < 1.29 is 9.59 Å². The Morgan fingerprint density at radius 2 is 1.88 bits per heavy atom. The van der Waals surface area contributed by atoms with E-state index in [4.69, 9.17) is 0 Å². The van der Waals surface area contributed by atoms with Gasteiger partial charge in [-0.1, -0.05) is 25.8 Å². The lowest BCUT2D eigenvalue weighted by molar-refractivity contribution is -0.129. The lowest BCUT2D eigenvalue weighted by atomic mass is 9.95. The Morgan fingerprint density at radius 3 is 2.59 bits per heavy atom. The first kappa shape index (κ1) is 24.0. The summed E-state index contributed by atoms with van der Waals surface area (Å²) in [6.45, 7) is 5.72. The molecule has 2 aliphatic rings. The molecule has 2 N–H and O–H groups in total. The smallest absolute Gasteiger partial charge is 0.246 e. The number of carbonyl (C=O) groups excluding carboxylic acids is 2. The molecule has 8 nitrogen and oxygen atoms in total. The van der Waals surface area contributed by atoms with Crippen LogP contribution in [0.3, 0.4) is 0 Å². The second-order valence-electron chi connectivity index (χ2n) is 9.26. The zero-order valence-corrected chi connectivity index (χ0v) is 20.1. The summed E-state index contributed by atoms with van der Waals surface area (Å²) in [7, 11) is 0. The minimum atomic E-state index is -0.527. The van der Waals surface area contributed by atoms with E-state index in [2.05, 4.69) is 43.4 Å². The Balaban J connectivity index is 1.33. The molecule has 3 heterocycles. The maximum absolute atomic E-state index is 13.1. The number of anilines is 3. The summed E-state index contributed by atoms with van der Waals surface area (Å²) in [5, 5.41) is 6.11. The summed E-state index contributed by atoms with van der Waals surface area (Å²) < 4.78 is 0. The number of carbonyl (C=O) groups is 2. The number of piperidine rings is 1. The van der Waals surface area contributed by atoms with Crippen LogP contribution in [0.1, 0.15) is 51.9 Å². The van der Waals surface area contributed by atoms with Gasteiger partial charge in [0, 0.05) is 55.9 Å². The number of rotatable bonds is 9. The maximum atomic E-state index is 13.1. The molecule has 1 unspecified atom stereocenters. The second-order valence-corrected chi connectivity index (χ2v) is 9.26. The van der Waals surface area contributed by atoms with Gasteiger partial charge in [0.2, 0.25) is 11.8 Å². The van der Waals surface area contributed by atoms with E-state index in [-0.39, 0.29) is 17.7 Å². The number of hydrogen-bond donors (Lipinski definition) is 2. The van der Waals surface area contributed by atoms with Gasteiger partial charge >= 0.3 is 0 Å². The van der Waals surface area contributed by atoms with Crippen LogP contribution in [0.25, 0.3) is 0 Å². The molecule has 0 spiro atoms. The van der Waals surface area contributed by atoms with Crippen LogP contribution in [0.2, 0.25) is 0 Å². The number of benzene rings is 1. The van der Waals surface area contributed by atoms with E-state index in [1.807, 2.05) is 18.2 Å². The summed E-state index contributed by atoms with van der Waals surface area (Å²) in [4.78, 5) is 39.2. The molecule has 0 radical (unpaired) electrons. The maximum Gasteiger partial charge on any atom is 0.246 e. The third-order valence-electron chi connectivity index (χ3n) is 6.80. The second kappa shape index (κ2) is 11.8. The van der Waals surface area contributed by atoms with Crippen molar-refractivity contribution >= 4 is 29.0 Å². The number of amides is 2. The van der Waals surface area contributed by atoms with Crippen molar-refractivity contribution in [1.82, 2.24) is 15.3 Å². The predicted octanol–water partition coefficient (Wildman–Crippen LogP) is 3.61. The number of nitrogens with zero attached hydrogens (tertiary/aromatic N) is 4. The Labute approximate surface area is 202 Å².